The molecule has 0 spiro atoms. The molecule has 1 aromatic heterocycles. The van der Waals surface area contributed by atoms with E-state index in [9.17, 15) is 4.39 Å². The van der Waals surface area contributed by atoms with Crippen LogP contribution in [0.4, 0.5) is 4.39 Å². The van der Waals surface area contributed by atoms with Crippen molar-refractivity contribution in [2.75, 3.05) is 0 Å². The number of imidazole rings is 1. The largest absolute Gasteiger partial charge is 0.327 e. The van der Waals surface area contributed by atoms with E-state index in [4.69, 9.17) is 5.73 Å². The van der Waals surface area contributed by atoms with Crippen LogP contribution >= 0.6 is 0 Å². The molecule has 3 rings (SSSR count). The maximum Gasteiger partial charge on any atom is 0.126 e. The topological polar surface area (TPSA) is 43.8 Å². The van der Waals surface area contributed by atoms with Crippen LogP contribution in [0.5, 0.6) is 0 Å². The fraction of sp³-hybridized carbons (Fsp3) is 0.438. The first-order chi connectivity index (χ1) is 9.60. The number of hydrogen-bond donors (Lipinski definition) is 1. The van der Waals surface area contributed by atoms with Crippen molar-refractivity contribution in [3.8, 4) is 11.3 Å². The van der Waals surface area contributed by atoms with Crippen molar-refractivity contribution >= 4 is 0 Å². The van der Waals surface area contributed by atoms with Gasteiger partial charge in [-0.2, -0.15) is 0 Å². The molecule has 0 aliphatic carbocycles. The molecule has 0 bridgehead atoms. The minimum absolute atomic E-state index is 0.305. The highest BCUT2D eigenvalue weighted by Crippen LogP contribution is 2.31. The van der Waals surface area contributed by atoms with Crippen LogP contribution in [0.25, 0.3) is 11.3 Å². The number of aryl methyl sites for hydroxylation is 1. The Labute approximate surface area is 118 Å². The van der Waals surface area contributed by atoms with Crippen LogP contribution in [-0.4, -0.2) is 15.7 Å². The fourth-order valence-corrected chi connectivity index (χ4v) is 2.89. The second kappa shape index (κ2) is 5.02. The molecule has 4 heteroatoms. The predicted molar refractivity (Wildman–Crippen MR) is 78.2 cm³/mol. The van der Waals surface area contributed by atoms with Gasteiger partial charge in [0.1, 0.15) is 12.0 Å². The summed E-state index contributed by atoms with van der Waals surface area (Å²) in [5, 5.41) is 0. The summed E-state index contributed by atoms with van der Waals surface area (Å²) in [5.41, 5.74) is 10.3. The molecule has 1 aliphatic rings. The molecule has 2 unspecified atom stereocenters. The molecule has 0 saturated heterocycles. The molecule has 0 saturated carbocycles. The molecule has 1 aliphatic heterocycles. The van der Waals surface area contributed by atoms with E-state index in [2.05, 4.69) is 36.2 Å². The highest BCUT2D eigenvalue weighted by atomic mass is 19.1. The summed E-state index contributed by atoms with van der Waals surface area (Å²) in [6, 6.07) is 8.09. The van der Waals surface area contributed by atoms with E-state index in [0.29, 0.717) is 13.0 Å². The van der Waals surface area contributed by atoms with E-state index >= 15 is 0 Å². The van der Waals surface area contributed by atoms with Crippen LogP contribution in [0.15, 0.2) is 24.3 Å². The third-order valence-electron chi connectivity index (χ3n) is 4.11. The minimum atomic E-state index is -0.874. The summed E-state index contributed by atoms with van der Waals surface area (Å²) in [4.78, 5) is 4.66. The van der Waals surface area contributed by atoms with Crippen LogP contribution in [0, 0.1) is 6.92 Å². The van der Waals surface area contributed by atoms with Gasteiger partial charge in [-0.15, -0.1) is 0 Å². The summed E-state index contributed by atoms with van der Waals surface area (Å²) < 4.78 is 15.6. The average molecular weight is 273 g/mol. The van der Waals surface area contributed by atoms with Gasteiger partial charge in [0.2, 0.25) is 0 Å². The van der Waals surface area contributed by atoms with Crippen molar-refractivity contribution in [2.45, 2.75) is 45.4 Å². The molecule has 2 heterocycles. The van der Waals surface area contributed by atoms with Gasteiger partial charge in [0.25, 0.3) is 0 Å². The van der Waals surface area contributed by atoms with E-state index in [-0.39, 0.29) is 6.04 Å². The number of fused-ring (bicyclic) bond motifs is 1. The number of halogens is 1. The molecule has 0 radical (unpaired) electrons. The maximum absolute atomic E-state index is 13.7. The Hall–Kier alpha value is -1.68. The second-order valence-corrected chi connectivity index (χ2v) is 5.50. The molecular weight excluding hydrogens is 253 g/mol. The van der Waals surface area contributed by atoms with Crippen LogP contribution in [0.1, 0.15) is 36.5 Å². The first-order valence-electron chi connectivity index (χ1n) is 7.16. The van der Waals surface area contributed by atoms with E-state index in [1.807, 2.05) is 11.5 Å². The lowest BCUT2D eigenvalue weighted by molar-refractivity contribution is 0.229. The van der Waals surface area contributed by atoms with Crippen molar-refractivity contribution in [3.63, 3.8) is 0 Å². The summed E-state index contributed by atoms with van der Waals surface area (Å²) in [5.74, 6) is 0.811. The van der Waals surface area contributed by atoms with Crippen molar-refractivity contribution in [1.82, 2.24) is 9.55 Å². The van der Waals surface area contributed by atoms with Gasteiger partial charge in [0.05, 0.1) is 18.3 Å². The Balaban J connectivity index is 2.04. The zero-order valence-corrected chi connectivity index (χ0v) is 11.9. The van der Waals surface area contributed by atoms with Crippen LogP contribution in [-0.2, 0) is 13.0 Å². The Morgan fingerprint density at radius 3 is 2.70 bits per heavy atom. The lowest BCUT2D eigenvalue weighted by Crippen LogP contribution is -2.30. The summed E-state index contributed by atoms with van der Waals surface area (Å²) in [7, 11) is 0. The van der Waals surface area contributed by atoms with Gasteiger partial charge in [-0.1, -0.05) is 31.2 Å². The Kier molecular flexibility index (Phi) is 3.34. The monoisotopic (exact) mass is 273 g/mol. The first-order valence-corrected chi connectivity index (χ1v) is 7.16. The number of benzene rings is 1. The third-order valence-corrected chi connectivity index (χ3v) is 4.11. The van der Waals surface area contributed by atoms with Crippen molar-refractivity contribution in [3.05, 3.63) is 41.3 Å². The SMILES string of the molecule is CCc1ccc(-c2nc3n(c2C)CC(F)CC3N)cc1. The Morgan fingerprint density at radius 2 is 2.05 bits per heavy atom. The number of aromatic nitrogens is 2. The predicted octanol–water partition coefficient (Wildman–Crippen LogP) is 3.16. The van der Waals surface area contributed by atoms with E-state index < -0.39 is 6.17 Å². The molecular formula is C16H20FN3. The smallest absolute Gasteiger partial charge is 0.126 e. The normalized spacial score (nSPS) is 21.8. The highest BCUT2D eigenvalue weighted by molar-refractivity contribution is 5.62. The minimum Gasteiger partial charge on any atom is -0.327 e. The lowest BCUT2D eigenvalue weighted by Gasteiger charge is -2.23. The molecule has 2 aromatic rings. The van der Waals surface area contributed by atoms with Gasteiger partial charge < -0.3 is 10.3 Å². The summed E-state index contributed by atoms with van der Waals surface area (Å²) in [6.07, 6.45) is 0.513. The van der Waals surface area contributed by atoms with Gasteiger partial charge in [-0.25, -0.2) is 9.37 Å². The standard InChI is InChI=1S/C16H20FN3/c1-3-11-4-6-12(7-5-11)15-10(2)20-9-13(17)8-14(18)16(20)19-15/h4-7,13-14H,3,8-9,18H2,1-2H3. The molecule has 2 N–H and O–H groups in total. The second-order valence-electron chi connectivity index (χ2n) is 5.50. The first kappa shape index (κ1) is 13.3. The summed E-state index contributed by atoms with van der Waals surface area (Å²) in [6.45, 7) is 4.50. The van der Waals surface area contributed by atoms with Crippen LogP contribution in [0.3, 0.4) is 0 Å². The third kappa shape index (κ3) is 2.14. The van der Waals surface area contributed by atoms with E-state index in [1.165, 1.54) is 5.56 Å². The van der Waals surface area contributed by atoms with Crippen molar-refractivity contribution in [2.24, 2.45) is 5.73 Å². The number of rotatable bonds is 2. The molecule has 106 valence electrons. The number of nitrogens with zero attached hydrogens (tertiary/aromatic N) is 2. The number of nitrogens with two attached hydrogens (primary N) is 1. The highest BCUT2D eigenvalue weighted by Gasteiger charge is 2.28. The van der Waals surface area contributed by atoms with Gasteiger partial charge in [-0.3, -0.25) is 0 Å². The fourth-order valence-electron chi connectivity index (χ4n) is 2.89. The number of alkyl halides is 1. The van der Waals surface area contributed by atoms with Gasteiger partial charge in [0, 0.05) is 17.7 Å². The number of hydrogen-bond acceptors (Lipinski definition) is 2. The molecule has 1 aromatic carbocycles. The zero-order valence-electron chi connectivity index (χ0n) is 11.9. The molecule has 0 amide bonds. The molecule has 20 heavy (non-hydrogen) atoms. The average Bonchev–Trinajstić information content (AvgIpc) is 2.77. The van der Waals surface area contributed by atoms with Gasteiger partial charge in [0.15, 0.2) is 0 Å². The lowest BCUT2D eigenvalue weighted by atomic mass is 10.1. The van der Waals surface area contributed by atoms with Gasteiger partial charge in [-0.05, 0) is 18.9 Å². The van der Waals surface area contributed by atoms with E-state index in [0.717, 1.165) is 29.2 Å². The quantitative estimate of drug-likeness (QED) is 0.913. The molecule has 0 fully saturated rings. The molecule has 3 nitrogen and oxygen atoms in total. The maximum atomic E-state index is 13.7. The van der Waals surface area contributed by atoms with Crippen LogP contribution < -0.4 is 5.73 Å². The Bertz CT molecular complexity index is 615. The van der Waals surface area contributed by atoms with Crippen LogP contribution in [0.2, 0.25) is 0 Å². The summed E-state index contributed by atoms with van der Waals surface area (Å²) >= 11 is 0. The Morgan fingerprint density at radius 1 is 1.35 bits per heavy atom. The van der Waals surface area contributed by atoms with Crippen molar-refractivity contribution in [1.29, 1.82) is 0 Å². The van der Waals surface area contributed by atoms with E-state index in [1.54, 1.807) is 0 Å². The van der Waals surface area contributed by atoms with Gasteiger partial charge >= 0.3 is 0 Å². The zero-order chi connectivity index (χ0) is 14.3. The molecule has 2 atom stereocenters. The van der Waals surface area contributed by atoms with Crippen molar-refractivity contribution < 1.29 is 4.39 Å².